The van der Waals surface area contributed by atoms with Gasteiger partial charge in [-0.15, -0.1) is 0 Å². The van der Waals surface area contributed by atoms with Gasteiger partial charge in [0.25, 0.3) is 0 Å². The van der Waals surface area contributed by atoms with Crippen LogP contribution in [0.5, 0.6) is 0 Å². The van der Waals surface area contributed by atoms with Crippen molar-refractivity contribution in [1.29, 1.82) is 0 Å². The predicted octanol–water partition coefficient (Wildman–Crippen LogP) is 3.50. The van der Waals surface area contributed by atoms with Gasteiger partial charge < -0.3 is 0 Å². The van der Waals surface area contributed by atoms with E-state index in [9.17, 15) is 0 Å². The first-order valence-electron chi connectivity index (χ1n) is 8.04. The van der Waals surface area contributed by atoms with Gasteiger partial charge in [-0.25, -0.2) is 0 Å². The summed E-state index contributed by atoms with van der Waals surface area (Å²) in [7, 11) is 0. The second-order valence-electron chi connectivity index (χ2n) is 5.66. The molecule has 1 heterocycles. The Bertz CT molecular complexity index is 947. The molecule has 0 spiro atoms. The van der Waals surface area contributed by atoms with Crippen LogP contribution in [0.1, 0.15) is 11.1 Å². The topological polar surface area (TPSA) is 0 Å². The standard InChI is InChI=1S/C23H17S/c1-3-8-19(9-4-1)23(20-10-5-2-6-11-20)21-15-13-18(14-16-21)22-12-7-17-24-22/h1-17H/q+1. The fourth-order valence-corrected chi connectivity index (χ4v) is 3.69. The molecule has 0 saturated carbocycles. The minimum atomic E-state index is 1.24. The lowest BCUT2D eigenvalue weighted by atomic mass is 9.95. The molecule has 1 aliphatic heterocycles. The quantitative estimate of drug-likeness (QED) is 0.500. The van der Waals surface area contributed by atoms with Crippen LogP contribution in [0.4, 0.5) is 0 Å². The first-order valence-corrected chi connectivity index (χ1v) is 8.92. The van der Waals surface area contributed by atoms with Crippen molar-refractivity contribution in [2.75, 3.05) is 0 Å². The summed E-state index contributed by atoms with van der Waals surface area (Å²) in [6.07, 6.45) is 4.26. The van der Waals surface area contributed by atoms with E-state index in [4.69, 9.17) is 0 Å². The third-order valence-electron chi connectivity index (χ3n) is 4.10. The van der Waals surface area contributed by atoms with Gasteiger partial charge in [0.2, 0.25) is 16.3 Å². The van der Waals surface area contributed by atoms with E-state index in [0.29, 0.717) is 0 Å². The van der Waals surface area contributed by atoms with Crippen molar-refractivity contribution in [3.8, 4) is 0 Å². The summed E-state index contributed by atoms with van der Waals surface area (Å²) in [6.45, 7) is 0. The van der Waals surface area contributed by atoms with Gasteiger partial charge in [0.1, 0.15) is 0 Å². The SMILES string of the molecule is C1=CC(=c2ccc(=C(c3ccccc3)c3ccccc3)cc2)[S+]=C1. The van der Waals surface area contributed by atoms with Gasteiger partial charge in [0.15, 0.2) is 5.37 Å². The molecule has 114 valence electrons. The smallest absolute Gasteiger partial charge is 0.0622 e. The molecule has 0 saturated heterocycles. The Morgan fingerprint density at radius 1 is 0.625 bits per heavy atom. The molecule has 24 heavy (non-hydrogen) atoms. The Labute approximate surface area is 146 Å². The summed E-state index contributed by atoms with van der Waals surface area (Å²) in [6, 6.07) is 30.1. The highest BCUT2D eigenvalue weighted by Gasteiger charge is 2.09. The van der Waals surface area contributed by atoms with Crippen molar-refractivity contribution in [3.05, 3.63) is 119 Å². The molecule has 0 unspecified atom stereocenters. The maximum Gasteiger partial charge on any atom is 0.238 e. The van der Waals surface area contributed by atoms with Crippen molar-refractivity contribution in [3.63, 3.8) is 0 Å². The zero-order chi connectivity index (χ0) is 16.2. The fraction of sp³-hybridized carbons (Fsp3) is 0. The normalized spacial score (nSPS) is 12.6. The van der Waals surface area contributed by atoms with Crippen molar-refractivity contribution in [1.82, 2.24) is 0 Å². The largest absolute Gasteiger partial charge is 0.238 e. The second-order valence-corrected chi connectivity index (χ2v) is 6.61. The number of hydrogen-bond donors (Lipinski definition) is 0. The molecule has 3 aromatic rings. The summed E-state index contributed by atoms with van der Waals surface area (Å²) in [4.78, 5) is 1.31. The molecule has 0 fully saturated rings. The van der Waals surface area contributed by atoms with Crippen LogP contribution in [0, 0.1) is 0 Å². The van der Waals surface area contributed by atoms with Crippen LogP contribution >= 0.6 is 0 Å². The minimum Gasteiger partial charge on any atom is -0.0622 e. The van der Waals surface area contributed by atoms with E-state index in [0.717, 1.165) is 0 Å². The number of allylic oxidation sites excluding steroid dienone is 1. The highest BCUT2D eigenvalue weighted by atomic mass is 32.1. The van der Waals surface area contributed by atoms with Gasteiger partial charge in [0, 0.05) is 17.4 Å². The van der Waals surface area contributed by atoms with Crippen LogP contribution in [0.3, 0.4) is 0 Å². The van der Waals surface area contributed by atoms with E-state index < -0.39 is 0 Å². The Morgan fingerprint density at radius 2 is 1.21 bits per heavy atom. The average molecular weight is 325 g/mol. The third-order valence-corrected chi connectivity index (χ3v) is 5.02. The van der Waals surface area contributed by atoms with E-state index >= 15 is 0 Å². The Kier molecular flexibility index (Phi) is 4.18. The number of hydrogen-bond acceptors (Lipinski definition) is 0. The lowest BCUT2D eigenvalue weighted by Crippen LogP contribution is -2.13. The minimum absolute atomic E-state index is 1.24. The highest BCUT2D eigenvalue weighted by Crippen LogP contribution is 2.20. The molecule has 1 heteroatoms. The zero-order valence-corrected chi connectivity index (χ0v) is 14.0. The van der Waals surface area contributed by atoms with Crippen LogP contribution in [0.25, 0.3) is 10.5 Å². The molecular weight excluding hydrogens is 308 g/mol. The van der Waals surface area contributed by atoms with Crippen LogP contribution in [0.15, 0.2) is 97.1 Å². The molecule has 0 nitrogen and oxygen atoms in total. The fourth-order valence-electron chi connectivity index (χ4n) is 2.95. The van der Waals surface area contributed by atoms with Crippen molar-refractivity contribution >= 4 is 27.2 Å². The Hall–Kier alpha value is -2.77. The lowest BCUT2D eigenvalue weighted by molar-refractivity contribution is 1.47. The number of rotatable bonds is 2. The molecule has 0 radical (unpaired) electrons. The van der Waals surface area contributed by atoms with E-state index in [1.165, 1.54) is 32.0 Å². The van der Waals surface area contributed by atoms with Gasteiger partial charge in [0.05, 0.1) is 0 Å². The molecule has 0 amide bonds. The molecule has 4 rings (SSSR count). The maximum absolute atomic E-state index is 2.23. The Balaban J connectivity index is 1.96. The molecule has 0 aromatic heterocycles. The van der Waals surface area contributed by atoms with Gasteiger partial charge in [-0.05, 0) is 34.1 Å². The molecule has 0 aliphatic carbocycles. The summed E-state index contributed by atoms with van der Waals surface area (Å²) in [5.74, 6) is 0. The summed E-state index contributed by atoms with van der Waals surface area (Å²) in [5.41, 5.74) is 3.76. The average Bonchev–Trinajstić information content (AvgIpc) is 3.19. The van der Waals surface area contributed by atoms with Gasteiger partial charge in [-0.2, -0.15) is 0 Å². The first-order chi connectivity index (χ1) is 11.9. The van der Waals surface area contributed by atoms with Crippen LogP contribution in [-0.4, -0.2) is 5.37 Å². The van der Waals surface area contributed by atoms with Crippen LogP contribution in [-0.2, 0) is 11.4 Å². The van der Waals surface area contributed by atoms with Crippen molar-refractivity contribution in [2.24, 2.45) is 0 Å². The highest BCUT2D eigenvalue weighted by molar-refractivity contribution is 7.87. The maximum atomic E-state index is 2.23. The van der Waals surface area contributed by atoms with Gasteiger partial charge in [-0.3, -0.25) is 0 Å². The van der Waals surface area contributed by atoms with Crippen LogP contribution < -0.4 is 10.4 Å². The van der Waals surface area contributed by atoms with Gasteiger partial charge >= 0.3 is 0 Å². The Morgan fingerprint density at radius 3 is 1.71 bits per heavy atom. The molecular formula is C23H17S+. The predicted molar refractivity (Wildman–Crippen MR) is 106 cm³/mol. The second kappa shape index (κ2) is 6.77. The number of benzene rings is 3. The molecule has 0 N–H and O–H groups in total. The molecule has 3 aromatic carbocycles. The van der Waals surface area contributed by atoms with E-state index in [1.807, 2.05) is 0 Å². The third kappa shape index (κ3) is 2.99. The molecule has 1 aliphatic rings. The van der Waals surface area contributed by atoms with Crippen molar-refractivity contribution in [2.45, 2.75) is 0 Å². The zero-order valence-electron chi connectivity index (χ0n) is 13.2. The summed E-state index contributed by atoms with van der Waals surface area (Å²) in [5, 5.41) is 4.64. The molecule has 0 atom stereocenters. The first kappa shape index (κ1) is 14.8. The molecule has 0 bridgehead atoms. The van der Waals surface area contributed by atoms with E-state index in [-0.39, 0.29) is 0 Å². The lowest BCUT2D eigenvalue weighted by Gasteiger charge is -2.08. The van der Waals surface area contributed by atoms with Crippen LogP contribution in [0.2, 0.25) is 0 Å². The monoisotopic (exact) mass is 325 g/mol. The van der Waals surface area contributed by atoms with E-state index in [2.05, 4.69) is 102 Å². The van der Waals surface area contributed by atoms with Gasteiger partial charge in [-0.1, -0.05) is 72.8 Å². The van der Waals surface area contributed by atoms with E-state index in [1.54, 1.807) is 11.4 Å². The van der Waals surface area contributed by atoms with Crippen molar-refractivity contribution < 1.29 is 0 Å². The summed E-state index contributed by atoms with van der Waals surface area (Å²) >= 11 is 1.78. The summed E-state index contributed by atoms with van der Waals surface area (Å²) < 4.78 is 0.